The molecular formula is C30H60N2O9. The lowest BCUT2D eigenvalue weighted by atomic mass is 9.92. The smallest absolute Gasteiger partial charge is 0.222 e. The van der Waals surface area contributed by atoms with Crippen LogP contribution in [0.4, 0.5) is 0 Å². The Kier molecular flexibility index (Phi) is 21.5. The normalized spacial score (nSPS) is 27.7. The average molecular weight is 593 g/mol. The topological polar surface area (TPSA) is 158 Å². The molecular weight excluding hydrogens is 532 g/mol. The summed E-state index contributed by atoms with van der Waals surface area (Å²) in [4.78, 5) is 26.2. The Morgan fingerprint density at radius 1 is 1.00 bits per heavy atom. The summed E-state index contributed by atoms with van der Waals surface area (Å²) >= 11 is 0. The van der Waals surface area contributed by atoms with Gasteiger partial charge in [0.15, 0.2) is 6.29 Å². The van der Waals surface area contributed by atoms with Gasteiger partial charge in [-0.3, -0.25) is 9.59 Å². The summed E-state index contributed by atoms with van der Waals surface area (Å²) in [6, 6.07) is -0.0481. The van der Waals surface area contributed by atoms with E-state index < -0.39 is 43.2 Å². The van der Waals surface area contributed by atoms with Gasteiger partial charge in [-0.25, -0.2) is 0 Å². The molecule has 2 saturated heterocycles. The van der Waals surface area contributed by atoms with Gasteiger partial charge in [-0.1, -0.05) is 48.0 Å². The van der Waals surface area contributed by atoms with Crippen LogP contribution in [0.1, 0.15) is 92.9 Å². The fourth-order valence-corrected chi connectivity index (χ4v) is 4.76. The molecule has 0 aliphatic carbocycles. The molecule has 2 aliphatic rings. The van der Waals surface area contributed by atoms with Gasteiger partial charge in [0.25, 0.3) is 0 Å². The lowest BCUT2D eigenvalue weighted by Gasteiger charge is -2.40. The Morgan fingerprint density at radius 2 is 1.63 bits per heavy atom. The Bertz CT molecular complexity index is 692. The van der Waals surface area contributed by atoms with Gasteiger partial charge in [0.2, 0.25) is 11.8 Å². The number of aliphatic hydroxyl groups excluding tert-OH is 4. The first-order valence-electron chi connectivity index (χ1n) is 15.0. The molecule has 0 aromatic rings. The predicted octanol–water partition coefficient (Wildman–Crippen LogP) is 2.22. The van der Waals surface area contributed by atoms with Crippen molar-refractivity contribution in [1.82, 2.24) is 10.2 Å². The van der Waals surface area contributed by atoms with Crippen LogP contribution >= 0.6 is 0 Å². The first-order chi connectivity index (χ1) is 19.0. The number of nitrogens with one attached hydrogen (secondary N) is 1. The SMILES string of the molecule is C.CC(C)C.COC[C@@H]1C[C@@H](O)CN1C(=O)CCCCCNC(=O)CCCCCO[C@@H]1OC(CO)[C@H](O)[C@H](O)C1C. The molecule has 2 unspecified atom stereocenters. The van der Waals surface area contributed by atoms with Gasteiger partial charge < -0.3 is 44.9 Å². The molecule has 2 fully saturated rings. The van der Waals surface area contributed by atoms with Crippen molar-refractivity contribution in [3.63, 3.8) is 0 Å². The van der Waals surface area contributed by atoms with E-state index in [-0.39, 0.29) is 25.3 Å². The van der Waals surface area contributed by atoms with Crippen LogP contribution in [0.15, 0.2) is 0 Å². The highest BCUT2D eigenvalue weighted by atomic mass is 16.7. The number of carbonyl (C=O) groups is 2. The van der Waals surface area contributed by atoms with E-state index in [9.17, 15) is 30.0 Å². The zero-order chi connectivity index (χ0) is 30.1. The van der Waals surface area contributed by atoms with E-state index in [1.165, 1.54) is 0 Å². The second-order valence-electron chi connectivity index (χ2n) is 11.7. The summed E-state index contributed by atoms with van der Waals surface area (Å²) in [5.74, 6) is 0.480. The van der Waals surface area contributed by atoms with Crippen LogP contribution in [0.5, 0.6) is 0 Å². The van der Waals surface area contributed by atoms with Gasteiger partial charge in [0.1, 0.15) is 12.2 Å². The lowest BCUT2D eigenvalue weighted by Crippen LogP contribution is -2.55. The summed E-state index contributed by atoms with van der Waals surface area (Å²) in [6.07, 6.45) is 1.93. The van der Waals surface area contributed by atoms with Crippen LogP contribution in [0.2, 0.25) is 0 Å². The number of likely N-dealkylation sites (tertiary alicyclic amines) is 1. The molecule has 5 N–H and O–H groups in total. The molecule has 11 heteroatoms. The maximum absolute atomic E-state index is 12.4. The quantitative estimate of drug-likeness (QED) is 0.170. The third-order valence-electron chi connectivity index (χ3n) is 6.98. The Hall–Kier alpha value is -1.34. The molecule has 2 aliphatic heterocycles. The van der Waals surface area contributed by atoms with Gasteiger partial charge in [-0.15, -0.1) is 0 Å². The molecule has 0 radical (unpaired) electrons. The van der Waals surface area contributed by atoms with E-state index in [1.807, 2.05) is 0 Å². The van der Waals surface area contributed by atoms with Crippen molar-refractivity contribution in [2.45, 2.75) is 130 Å². The third kappa shape index (κ3) is 15.6. The van der Waals surface area contributed by atoms with Crippen molar-refractivity contribution in [2.75, 3.05) is 40.0 Å². The second kappa shape index (κ2) is 22.2. The second-order valence-corrected chi connectivity index (χ2v) is 11.7. The van der Waals surface area contributed by atoms with Gasteiger partial charge in [-0.2, -0.15) is 0 Å². The van der Waals surface area contributed by atoms with Gasteiger partial charge in [-0.05, 0) is 38.0 Å². The van der Waals surface area contributed by atoms with E-state index in [0.717, 1.165) is 44.4 Å². The molecule has 2 amide bonds. The summed E-state index contributed by atoms with van der Waals surface area (Å²) in [7, 11) is 1.60. The van der Waals surface area contributed by atoms with Crippen LogP contribution < -0.4 is 5.32 Å². The molecule has 0 bridgehead atoms. The summed E-state index contributed by atoms with van der Waals surface area (Å²) in [6.45, 7) is 9.64. The number of ether oxygens (including phenoxy) is 3. The molecule has 41 heavy (non-hydrogen) atoms. The minimum Gasteiger partial charge on any atom is -0.394 e. The molecule has 244 valence electrons. The number of β-amino-alcohol motifs (C(OH)–C–C–N with tert-alkyl or cyclic N) is 1. The monoisotopic (exact) mass is 592 g/mol. The van der Waals surface area contributed by atoms with Crippen molar-refractivity contribution < 1.29 is 44.2 Å². The van der Waals surface area contributed by atoms with Crippen LogP contribution in [0.3, 0.4) is 0 Å². The van der Waals surface area contributed by atoms with E-state index in [2.05, 4.69) is 26.1 Å². The van der Waals surface area contributed by atoms with Crippen LogP contribution in [-0.4, -0.2) is 114 Å². The largest absolute Gasteiger partial charge is 0.394 e. The molecule has 2 rings (SSSR count). The number of carbonyl (C=O) groups excluding carboxylic acids is 2. The Balaban J connectivity index is 0.00000299. The van der Waals surface area contributed by atoms with Crippen molar-refractivity contribution in [3.05, 3.63) is 0 Å². The summed E-state index contributed by atoms with van der Waals surface area (Å²) in [5.41, 5.74) is 0. The Morgan fingerprint density at radius 3 is 2.27 bits per heavy atom. The first-order valence-corrected chi connectivity index (χ1v) is 15.0. The molecule has 2 heterocycles. The highest BCUT2D eigenvalue weighted by Crippen LogP contribution is 2.27. The molecule has 0 spiro atoms. The standard InChI is InChI=1S/C25H46N2O9.C4H10.CH4/c1-17-23(32)24(33)20(15-28)36-25(17)35-12-8-4-5-9-21(30)26-11-7-3-6-10-22(31)27-14-19(29)13-18(27)16-34-2;1-4(2)3;/h17-20,23-25,28-29,32-33H,3-16H2,1-2H3,(H,26,30);4H,1-3H3;1H4/t17?,18-,19+,20?,23+,24-,25+;;/m0../s1. The van der Waals surface area contributed by atoms with Crippen LogP contribution in [0, 0.1) is 11.8 Å². The van der Waals surface area contributed by atoms with Gasteiger partial charge in [0, 0.05) is 45.6 Å². The number of aliphatic hydroxyl groups is 4. The zero-order valence-electron chi connectivity index (χ0n) is 25.3. The minimum atomic E-state index is -1.13. The Labute approximate surface area is 247 Å². The number of amides is 2. The number of hydrogen-bond acceptors (Lipinski definition) is 9. The minimum absolute atomic E-state index is 0. The number of rotatable bonds is 16. The fourth-order valence-electron chi connectivity index (χ4n) is 4.76. The van der Waals surface area contributed by atoms with E-state index in [1.54, 1.807) is 18.9 Å². The molecule has 0 aromatic carbocycles. The summed E-state index contributed by atoms with van der Waals surface area (Å²) in [5, 5.41) is 41.9. The number of unbranched alkanes of at least 4 members (excludes halogenated alkanes) is 4. The zero-order valence-corrected chi connectivity index (χ0v) is 25.3. The number of hydrogen-bond donors (Lipinski definition) is 5. The number of nitrogens with zero attached hydrogens (tertiary/aromatic N) is 1. The maximum Gasteiger partial charge on any atom is 0.222 e. The van der Waals surface area contributed by atoms with Gasteiger partial charge >= 0.3 is 0 Å². The van der Waals surface area contributed by atoms with Crippen LogP contribution in [-0.2, 0) is 23.8 Å². The molecule has 7 atom stereocenters. The van der Waals surface area contributed by atoms with Gasteiger partial charge in [0.05, 0.1) is 31.5 Å². The highest BCUT2D eigenvalue weighted by Gasteiger charge is 2.42. The first kappa shape index (κ1) is 39.7. The van der Waals surface area contributed by atoms with Crippen molar-refractivity contribution in [3.8, 4) is 0 Å². The van der Waals surface area contributed by atoms with E-state index in [4.69, 9.17) is 14.2 Å². The maximum atomic E-state index is 12.4. The highest BCUT2D eigenvalue weighted by molar-refractivity contribution is 5.77. The molecule has 11 nitrogen and oxygen atoms in total. The third-order valence-corrected chi connectivity index (χ3v) is 6.98. The lowest BCUT2D eigenvalue weighted by molar-refractivity contribution is -0.282. The van der Waals surface area contributed by atoms with Crippen molar-refractivity contribution >= 4 is 11.8 Å². The predicted molar refractivity (Wildman–Crippen MR) is 158 cm³/mol. The summed E-state index contributed by atoms with van der Waals surface area (Å²) < 4.78 is 16.3. The van der Waals surface area contributed by atoms with Crippen molar-refractivity contribution in [1.29, 1.82) is 0 Å². The fraction of sp³-hybridized carbons (Fsp3) is 0.933. The van der Waals surface area contributed by atoms with E-state index in [0.29, 0.717) is 45.6 Å². The van der Waals surface area contributed by atoms with E-state index >= 15 is 0 Å². The number of methoxy groups -OCH3 is 1. The molecule has 0 aromatic heterocycles. The molecule has 0 saturated carbocycles. The van der Waals surface area contributed by atoms with Crippen molar-refractivity contribution in [2.24, 2.45) is 11.8 Å². The van der Waals surface area contributed by atoms with Crippen LogP contribution in [0.25, 0.3) is 0 Å². The average Bonchev–Trinajstić information content (AvgIpc) is 3.27.